The van der Waals surface area contributed by atoms with Gasteiger partial charge in [-0.05, 0) is 43.0 Å². The van der Waals surface area contributed by atoms with Gasteiger partial charge in [0.05, 0.1) is 6.61 Å². The highest BCUT2D eigenvalue weighted by molar-refractivity contribution is 5.97. The number of rotatable bonds is 3. The van der Waals surface area contributed by atoms with Crippen LogP contribution < -0.4 is 0 Å². The number of β-amino-alcohol motifs (C(OH)–C–C–N with tert-alkyl or cyclic N) is 1. The number of hydrogen-bond donors (Lipinski definition) is 3. The van der Waals surface area contributed by atoms with Crippen LogP contribution in [0.5, 0.6) is 0 Å². The van der Waals surface area contributed by atoms with E-state index in [0.29, 0.717) is 19.4 Å². The lowest BCUT2D eigenvalue weighted by atomic mass is 10.1. The van der Waals surface area contributed by atoms with Gasteiger partial charge in [0.15, 0.2) is 0 Å². The number of nitrogens with zero attached hydrogens (tertiary/aromatic N) is 3. The summed E-state index contributed by atoms with van der Waals surface area (Å²) in [5.74, 6) is -1.53. The van der Waals surface area contributed by atoms with Gasteiger partial charge in [0.25, 0.3) is 11.8 Å². The van der Waals surface area contributed by atoms with E-state index >= 15 is 0 Å². The van der Waals surface area contributed by atoms with Gasteiger partial charge < -0.3 is 29.9 Å². The van der Waals surface area contributed by atoms with E-state index in [4.69, 9.17) is 4.74 Å². The first-order chi connectivity index (χ1) is 16.6. The van der Waals surface area contributed by atoms with E-state index in [9.17, 15) is 34.6 Å². The maximum absolute atomic E-state index is 13.3. The molecule has 3 atom stereocenters. The largest absolute Gasteiger partial charge is 0.388 e. The van der Waals surface area contributed by atoms with Crippen LogP contribution in [0.4, 0.5) is 4.39 Å². The van der Waals surface area contributed by atoms with Gasteiger partial charge in [-0.15, -0.1) is 0 Å². The van der Waals surface area contributed by atoms with Crippen molar-refractivity contribution in [3.05, 3.63) is 47.3 Å². The van der Waals surface area contributed by atoms with E-state index in [-0.39, 0.29) is 49.9 Å². The lowest BCUT2D eigenvalue weighted by Crippen LogP contribution is -2.50. The summed E-state index contributed by atoms with van der Waals surface area (Å²) in [7, 11) is 0. The number of amides is 2. The predicted octanol–water partition coefficient (Wildman–Crippen LogP) is 1.10. The van der Waals surface area contributed by atoms with E-state index in [1.807, 2.05) is 19.9 Å². The summed E-state index contributed by atoms with van der Waals surface area (Å²) in [6.45, 7) is 3.80. The molecule has 10 heteroatoms. The first-order valence-electron chi connectivity index (χ1n) is 11.7. The van der Waals surface area contributed by atoms with Crippen molar-refractivity contribution in [1.82, 2.24) is 9.80 Å². The summed E-state index contributed by atoms with van der Waals surface area (Å²) >= 11 is 0. The Kier molecular flexibility index (Phi) is 11.3. The van der Waals surface area contributed by atoms with Crippen molar-refractivity contribution < 1.29 is 34.0 Å². The highest BCUT2D eigenvalue weighted by Gasteiger charge is 2.30. The second-order valence-corrected chi connectivity index (χ2v) is 8.89. The maximum Gasteiger partial charge on any atom is 0.264 e. The summed E-state index contributed by atoms with van der Waals surface area (Å²) in [5.41, 5.74) is 0.167. The Morgan fingerprint density at radius 1 is 1.09 bits per heavy atom. The van der Waals surface area contributed by atoms with Crippen LogP contribution in [0.3, 0.4) is 0 Å². The Hall–Kier alpha value is -2.84. The van der Waals surface area contributed by atoms with Crippen LogP contribution in [0.15, 0.2) is 35.9 Å². The topological polar surface area (TPSA) is 134 Å². The summed E-state index contributed by atoms with van der Waals surface area (Å²) in [4.78, 5) is 29.0. The molecule has 1 aliphatic heterocycles. The molecule has 3 N–H and O–H groups in total. The third-order valence-electron chi connectivity index (χ3n) is 5.61. The number of benzene rings is 1. The van der Waals surface area contributed by atoms with E-state index in [2.05, 4.69) is 0 Å². The first-order valence-corrected chi connectivity index (χ1v) is 11.7. The van der Waals surface area contributed by atoms with Gasteiger partial charge in [0.2, 0.25) is 0 Å². The van der Waals surface area contributed by atoms with Crippen LogP contribution in [0.1, 0.15) is 37.0 Å². The number of ether oxygens (including phenoxy) is 1. The molecule has 0 bridgehead atoms. The third kappa shape index (κ3) is 8.71. The highest BCUT2D eigenvalue weighted by Crippen LogP contribution is 2.13. The monoisotopic (exact) mass is 491 g/mol. The molecular formula is C25H34FN3O6. The van der Waals surface area contributed by atoms with Crippen molar-refractivity contribution in [3.8, 4) is 6.07 Å². The van der Waals surface area contributed by atoms with Crippen molar-refractivity contribution in [2.24, 2.45) is 5.92 Å². The zero-order chi connectivity index (χ0) is 26.0. The Morgan fingerprint density at radius 3 is 2.37 bits per heavy atom. The van der Waals surface area contributed by atoms with Crippen LogP contribution in [0.2, 0.25) is 0 Å². The van der Waals surface area contributed by atoms with Crippen molar-refractivity contribution in [2.75, 3.05) is 39.4 Å². The molecule has 0 spiro atoms. The minimum Gasteiger partial charge on any atom is -0.388 e. The number of halogens is 1. The first kappa shape index (κ1) is 28.4. The van der Waals surface area contributed by atoms with Gasteiger partial charge in [0.1, 0.15) is 35.8 Å². The van der Waals surface area contributed by atoms with Crippen molar-refractivity contribution in [1.29, 1.82) is 5.26 Å². The molecule has 1 fully saturated rings. The van der Waals surface area contributed by atoms with Crippen LogP contribution in [-0.2, 0) is 9.53 Å². The number of allylic oxidation sites excluding steroid dienone is 1. The molecule has 35 heavy (non-hydrogen) atoms. The molecule has 0 aliphatic carbocycles. The summed E-state index contributed by atoms with van der Waals surface area (Å²) in [6, 6.07) is 6.82. The average molecular weight is 492 g/mol. The molecule has 1 aromatic rings. The second-order valence-electron chi connectivity index (χ2n) is 8.89. The number of carbonyl (C=O) groups is 2. The number of hydrogen-bond acceptors (Lipinski definition) is 7. The zero-order valence-corrected chi connectivity index (χ0v) is 20.1. The average Bonchev–Trinajstić information content (AvgIpc) is 2.83. The number of carbonyl (C=O) groups excluding carboxylic acids is 2. The highest BCUT2D eigenvalue weighted by atomic mass is 19.1. The standard InChI is InChI=1S/C25H34FN3O6/c1-17(2)13-19(14-27)25(34)28-9-3-4-12-35-16-22(31)23(32)21(30)15-29(11-10-28)24(33)18-5-7-20(26)8-6-18/h5-8,13,17,21-23,30-32H,3-4,9-12,15-16H2,1-2H3/b19-13+/t21-,22+,23+/m0/s1. The molecule has 0 saturated carbocycles. The van der Waals surface area contributed by atoms with Gasteiger partial charge in [0, 0.05) is 38.3 Å². The summed E-state index contributed by atoms with van der Waals surface area (Å²) in [5, 5.41) is 40.5. The smallest absolute Gasteiger partial charge is 0.264 e. The Morgan fingerprint density at radius 2 is 1.74 bits per heavy atom. The van der Waals surface area contributed by atoms with E-state index < -0.39 is 35.9 Å². The van der Waals surface area contributed by atoms with Crippen molar-refractivity contribution >= 4 is 11.8 Å². The molecule has 0 aromatic heterocycles. The van der Waals surface area contributed by atoms with Crippen molar-refractivity contribution in [2.45, 2.75) is 45.0 Å². The molecule has 2 rings (SSSR count). The minimum atomic E-state index is -1.57. The summed E-state index contributed by atoms with van der Waals surface area (Å²) in [6.07, 6.45) is -1.73. The van der Waals surface area contributed by atoms with Gasteiger partial charge in [-0.25, -0.2) is 4.39 Å². The molecule has 1 heterocycles. The maximum atomic E-state index is 13.3. The molecule has 0 unspecified atom stereocenters. The van der Waals surface area contributed by atoms with Crippen molar-refractivity contribution in [3.63, 3.8) is 0 Å². The molecular weight excluding hydrogens is 457 g/mol. The molecule has 192 valence electrons. The normalized spacial score (nSPS) is 23.5. The molecule has 0 radical (unpaired) electrons. The van der Waals surface area contributed by atoms with Crippen LogP contribution in [-0.4, -0.2) is 94.6 Å². The number of aliphatic hydroxyl groups is 3. The Bertz CT molecular complexity index is 915. The lowest BCUT2D eigenvalue weighted by molar-refractivity contribution is -0.127. The number of nitriles is 1. The van der Waals surface area contributed by atoms with E-state index in [1.165, 1.54) is 21.9 Å². The fraction of sp³-hybridized carbons (Fsp3) is 0.560. The van der Waals surface area contributed by atoms with Crippen LogP contribution >= 0.6 is 0 Å². The van der Waals surface area contributed by atoms with Gasteiger partial charge in [-0.1, -0.05) is 19.9 Å². The molecule has 9 nitrogen and oxygen atoms in total. The Balaban J connectivity index is 2.32. The zero-order valence-electron chi connectivity index (χ0n) is 20.1. The molecule has 2 amide bonds. The van der Waals surface area contributed by atoms with E-state index in [1.54, 1.807) is 6.08 Å². The number of aliphatic hydroxyl groups excluding tert-OH is 3. The van der Waals surface area contributed by atoms with Gasteiger partial charge in [-0.2, -0.15) is 5.26 Å². The van der Waals surface area contributed by atoms with Gasteiger partial charge >= 0.3 is 0 Å². The van der Waals surface area contributed by atoms with Gasteiger partial charge in [-0.3, -0.25) is 9.59 Å². The fourth-order valence-electron chi connectivity index (χ4n) is 3.67. The van der Waals surface area contributed by atoms with E-state index in [0.717, 1.165) is 12.1 Å². The second kappa shape index (κ2) is 13.9. The molecule has 1 aromatic carbocycles. The SMILES string of the molecule is CC(C)/C=C(\C#N)C(=O)N1CCCCOC[C@@H](O)[C@H](O)[C@@H](O)CN(C(=O)c2ccc(F)cc2)CC1. The molecule has 1 saturated heterocycles. The predicted molar refractivity (Wildman–Crippen MR) is 125 cm³/mol. The third-order valence-corrected chi connectivity index (χ3v) is 5.61. The Labute approximate surface area is 205 Å². The minimum absolute atomic E-state index is 0.00681. The quantitative estimate of drug-likeness (QED) is 0.426. The summed E-state index contributed by atoms with van der Waals surface area (Å²) < 4.78 is 18.7. The fourth-order valence-corrected chi connectivity index (χ4v) is 3.67. The lowest BCUT2D eigenvalue weighted by Gasteiger charge is -2.32. The van der Waals surface area contributed by atoms with Crippen LogP contribution in [0.25, 0.3) is 0 Å². The molecule has 1 aliphatic rings. The van der Waals surface area contributed by atoms with Crippen LogP contribution in [0, 0.1) is 23.1 Å².